The normalized spacial score (nSPS) is 15.4. The van der Waals surface area contributed by atoms with Gasteiger partial charge in [0.1, 0.15) is 16.3 Å². The van der Waals surface area contributed by atoms with Crippen LogP contribution in [0.25, 0.3) is 0 Å². The Hall–Kier alpha value is -0.490. The lowest BCUT2D eigenvalue weighted by Gasteiger charge is -2.23. The lowest BCUT2D eigenvalue weighted by molar-refractivity contribution is -0.108. The van der Waals surface area contributed by atoms with E-state index in [2.05, 4.69) is 11.9 Å². The number of nitrogens with zero attached hydrogens (tertiary/aromatic N) is 1. The third kappa shape index (κ3) is 2.60. The first kappa shape index (κ1) is 13.6. The van der Waals surface area contributed by atoms with Gasteiger partial charge in [-0.2, -0.15) is 0 Å². The highest BCUT2D eigenvalue weighted by Crippen LogP contribution is 2.32. The molecule has 0 radical (unpaired) electrons. The molecular weight excluding hydrogens is 226 g/mol. The summed E-state index contributed by atoms with van der Waals surface area (Å²) in [5.41, 5.74) is 0.469. The van der Waals surface area contributed by atoms with Gasteiger partial charge >= 0.3 is 0 Å². The number of hydrogen-bond donors (Lipinski definition) is 0. The molecule has 0 saturated carbocycles. The molecule has 0 aliphatic rings. The van der Waals surface area contributed by atoms with Crippen LogP contribution in [-0.2, 0) is 19.8 Å². The van der Waals surface area contributed by atoms with Gasteiger partial charge in [0.05, 0.1) is 0 Å². The minimum Gasteiger partial charge on any atom is -0.371 e. The zero-order valence-electron chi connectivity index (χ0n) is 10.4. The summed E-state index contributed by atoms with van der Waals surface area (Å²) >= 11 is 1.57. The highest BCUT2D eigenvalue weighted by Gasteiger charge is 2.28. The van der Waals surface area contributed by atoms with Crippen LogP contribution in [0.1, 0.15) is 37.3 Å². The number of hydrogen-bond acceptors (Lipinski definition) is 5. The van der Waals surface area contributed by atoms with Crippen LogP contribution in [0.4, 0.5) is 0 Å². The third-order valence-corrected chi connectivity index (χ3v) is 3.87. The second-order valence-corrected chi connectivity index (χ2v) is 4.53. The van der Waals surface area contributed by atoms with Crippen LogP contribution in [0.2, 0.25) is 0 Å². The van der Waals surface area contributed by atoms with E-state index in [0.717, 1.165) is 17.1 Å². The molecule has 1 aromatic heterocycles. The summed E-state index contributed by atoms with van der Waals surface area (Å²) in [7, 11) is 4.90. The lowest BCUT2D eigenvalue weighted by Crippen LogP contribution is -2.23. The Bertz CT molecular complexity index is 319. The van der Waals surface area contributed by atoms with E-state index in [1.54, 1.807) is 32.7 Å². The number of methoxy groups -OCH3 is 3. The third-order valence-electron chi connectivity index (χ3n) is 2.77. The molecule has 0 spiro atoms. The molecule has 0 fully saturated rings. The summed E-state index contributed by atoms with van der Waals surface area (Å²) in [6, 6.07) is 0. The molecule has 1 unspecified atom stereocenters. The highest BCUT2D eigenvalue weighted by molar-refractivity contribution is 7.09. The van der Waals surface area contributed by atoms with E-state index >= 15 is 0 Å². The molecule has 0 N–H and O–H groups in total. The molecule has 92 valence electrons. The van der Waals surface area contributed by atoms with Crippen LogP contribution in [0, 0.1) is 0 Å². The zero-order chi connectivity index (χ0) is 12.2. The minimum atomic E-state index is -0.400. The molecular formula is C11H19NO3S. The van der Waals surface area contributed by atoms with Gasteiger partial charge in [-0.15, -0.1) is 11.3 Å². The molecule has 1 rings (SSSR count). The van der Waals surface area contributed by atoms with Gasteiger partial charge in [-0.25, -0.2) is 4.98 Å². The molecule has 16 heavy (non-hydrogen) atoms. The van der Waals surface area contributed by atoms with Gasteiger partial charge in [0.2, 0.25) is 6.29 Å². The summed E-state index contributed by atoms with van der Waals surface area (Å²) in [4.78, 5) is 4.51. The summed E-state index contributed by atoms with van der Waals surface area (Å²) in [6.07, 6.45) is 0.476. The van der Waals surface area contributed by atoms with Crippen molar-refractivity contribution in [2.24, 2.45) is 0 Å². The fraction of sp³-hybridized carbons (Fsp3) is 0.727. The number of ether oxygens (including phenoxy) is 3. The predicted octanol–water partition coefficient (Wildman–Crippen LogP) is 2.71. The van der Waals surface area contributed by atoms with Gasteiger partial charge < -0.3 is 14.2 Å². The van der Waals surface area contributed by atoms with Crippen molar-refractivity contribution in [2.75, 3.05) is 21.3 Å². The summed E-state index contributed by atoms with van der Waals surface area (Å²) < 4.78 is 15.8. The first-order valence-corrected chi connectivity index (χ1v) is 6.05. The van der Waals surface area contributed by atoms with E-state index in [0.29, 0.717) is 0 Å². The molecule has 1 aromatic rings. The zero-order valence-corrected chi connectivity index (χ0v) is 11.3. The van der Waals surface area contributed by atoms with Crippen molar-refractivity contribution in [1.82, 2.24) is 4.98 Å². The molecule has 0 bridgehead atoms. The number of rotatable bonds is 6. The average Bonchev–Trinajstić information content (AvgIpc) is 2.80. The van der Waals surface area contributed by atoms with Crippen molar-refractivity contribution in [3.8, 4) is 0 Å². The first-order chi connectivity index (χ1) is 7.61. The van der Waals surface area contributed by atoms with Crippen LogP contribution >= 0.6 is 11.3 Å². The number of aromatic nitrogens is 1. The Kier molecular flexibility index (Phi) is 4.86. The first-order valence-electron chi connectivity index (χ1n) is 5.18. The van der Waals surface area contributed by atoms with Gasteiger partial charge in [-0.05, 0) is 13.3 Å². The van der Waals surface area contributed by atoms with Crippen molar-refractivity contribution in [3.63, 3.8) is 0 Å². The Morgan fingerprint density at radius 2 is 2.00 bits per heavy atom. The molecule has 1 atom stereocenters. The van der Waals surface area contributed by atoms with Gasteiger partial charge in [-0.1, -0.05) is 6.92 Å². The van der Waals surface area contributed by atoms with Gasteiger partial charge in [-0.3, -0.25) is 0 Å². The maximum absolute atomic E-state index is 5.50. The highest BCUT2D eigenvalue weighted by atomic mass is 32.1. The Morgan fingerprint density at radius 1 is 1.38 bits per heavy atom. The van der Waals surface area contributed by atoms with E-state index in [9.17, 15) is 0 Å². The monoisotopic (exact) mass is 245 g/mol. The van der Waals surface area contributed by atoms with Crippen molar-refractivity contribution in [1.29, 1.82) is 0 Å². The van der Waals surface area contributed by atoms with Crippen LogP contribution in [0.3, 0.4) is 0 Å². The van der Waals surface area contributed by atoms with Crippen molar-refractivity contribution in [3.05, 3.63) is 16.1 Å². The van der Waals surface area contributed by atoms with Crippen molar-refractivity contribution >= 4 is 11.3 Å². The quantitative estimate of drug-likeness (QED) is 0.722. The fourth-order valence-electron chi connectivity index (χ4n) is 1.36. The van der Waals surface area contributed by atoms with Gasteiger partial charge in [0.15, 0.2) is 0 Å². The smallest absolute Gasteiger partial charge is 0.201 e. The summed E-state index contributed by atoms with van der Waals surface area (Å²) in [5.74, 6) is 0. The van der Waals surface area contributed by atoms with Gasteiger partial charge in [0.25, 0.3) is 0 Å². The minimum absolute atomic E-state index is 0.324. The van der Waals surface area contributed by atoms with Crippen LogP contribution in [0.5, 0.6) is 0 Å². The summed E-state index contributed by atoms with van der Waals surface area (Å²) in [5, 5.41) is 2.89. The number of thiazole rings is 1. The van der Waals surface area contributed by atoms with Crippen LogP contribution < -0.4 is 0 Å². The Balaban J connectivity index is 2.93. The van der Waals surface area contributed by atoms with Crippen molar-refractivity contribution in [2.45, 2.75) is 32.2 Å². The van der Waals surface area contributed by atoms with E-state index in [4.69, 9.17) is 14.2 Å². The standard InChI is InChI=1S/C11H19NO3S/c1-6-11(2,15-5)10-12-8(7-16-10)9(13-3)14-4/h7,9H,6H2,1-5H3. The van der Waals surface area contributed by atoms with Crippen molar-refractivity contribution < 1.29 is 14.2 Å². The van der Waals surface area contributed by atoms with E-state index in [1.165, 1.54) is 0 Å². The Labute approximate surface area is 101 Å². The molecule has 0 amide bonds. The second kappa shape index (κ2) is 5.72. The maximum Gasteiger partial charge on any atom is 0.201 e. The van der Waals surface area contributed by atoms with Crippen LogP contribution in [-0.4, -0.2) is 26.3 Å². The molecule has 4 nitrogen and oxygen atoms in total. The molecule has 0 saturated heterocycles. The van der Waals surface area contributed by atoms with Crippen LogP contribution in [0.15, 0.2) is 5.38 Å². The van der Waals surface area contributed by atoms with Gasteiger partial charge in [0, 0.05) is 26.7 Å². The molecule has 1 heterocycles. The molecule has 0 aliphatic heterocycles. The summed E-state index contributed by atoms with van der Waals surface area (Å²) in [6.45, 7) is 4.11. The largest absolute Gasteiger partial charge is 0.371 e. The van der Waals surface area contributed by atoms with E-state index < -0.39 is 6.29 Å². The fourth-order valence-corrected chi connectivity index (χ4v) is 2.39. The average molecular weight is 245 g/mol. The van der Waals surface area contributed by atoms with E-state index in [1.807, 2.05) is 12.3 Å². The van der Waals surface area contributed by atoms with E-state index in [-0.39, 0.29) is 5.60 Å². The second-order valence-electron chi connectivity index (χ2n) is 3.67. The topological polar surface area (TPSA) is 40.6 Å². The maximum atomic E-state index is 5.50. The predicted molar refractivity (Wildman–Crippen MR) is 63.5 cm³/mol. The molecule has 5 heteroatoms. The SMILES string of the molecule is CCC(C)(OC)c1nc(C(OC)OC)cs1. The Morgan fingerprint density at radius 3 is 2.44 bits per heavy atom. The molecule has 0 aromatic carbocycles. The molecule has 0 aliphatic carbocycles. The lowest BCUT2D eigenvalue weighted by atomic mass is 10.1.